The van der Waals surface area contributed by atoms with E-state index in [1.54, 1.807) is 0 Å². The minimum absolute atomic E-state index is 0. The Bertz CT molecular complexity index is 1940. The summed E-state index contributed by atoms with van der Waals surface area (Å²) < 4.78 is 1.42. The van der Waals surface area contributed by atoms with Crippen LogP contribution in [0.1, 0.15) is 94.2 Å². The summed E-state index contributed by atoms with van der Waals surface area (Å²) in [6, 6.07) is 21.1. The number of rotatable bonds is 2. The molecule has 3 heteroatoms. The molecule has 55 heavy (non-hydrogen) atoms. The van der Waals surface area contributed by atoms with E-state index in [1.807, 2.05) is 0 Å². The Morgan fingerprint density at radius 3 is 1.56 bits per heavy atom. The zero-order chi connectivity index (χ0) is 38.7. The molecule has 2 saturated carbocycles. The van der Waals surface area contributed by atoms with Crippen LogP contribution in [0.25, 0.3) is 0 Å². The van der Waals surface area contributed by atoms with Gasteiger partial charge in [0, 0.05) is 10.8 Å². The van der Waals surface area contributed by atoms with Crippen LogP contribution < -0.4 is 24.8 Å². The van der Waals surface area contributed by atoms with Gasteiger partial charge in [0.15, 0.2) is 0 Å². The molecular formula is C52H62Cl2Zr-2. The number of hydrogen-bond acceptors (Lipinski definition) is 0. The van der Waals surface area contributed by atoms with Gasteiger partial charge >= 0.3 is 99.2 Å². The summed E-state index contributed by atoms with van der Waals surface area (Å²) >= 11 is 1.46. The van der Waals surface area contributed by atoms with Gasteiger partial charge in [-0.2, -0.15) is 11.6 Å². The first kappa shape index (κ1) is 45.4. The third-order valence-electron chi connectivity index (χ3n) is 16.0. The van der Waals surface area contributed by atoms with Crippen molar-refractivity contribution in [3.8, 4) is 0 Å². The summed E-state index contributed by atoms with van der Waals surface area (Å²) in [4.78, 5) is 0. The van der Waals surface area contributed by atoms with Crippen LogP contribution in [0.15, 0.2) is 151 Å². The van der Waals surface area contributed by atoms with E-state index in [2.05, 4.69) is 235 Å². The van der Waals surface area contributed by atoms with E-state index in [9.17, 15) is 0 Å². The fraction of sp³-hybridized carbons (Fsp3) is 0.423. The van der Waals surface area contributed by atoms with Crippen molar-refractivity contribution >= 4 is 3.21 Å². The van der Waals surface area contributed by atoms with Crippen LogP contribution in [0.2, 0.25) is 0 Å². The SMILES string of the molecule is CC1=CC=CC2[CH-]C3(C)C4(C)C=CC=CC4(C)C4(C)C=CC=CC4(C)C3(C)C12C.CC1[C-]=CC(C(C)(C)C)=C1.[Cl-].[Cl-].[Zr+2]=[C](c1ccccc1)c1ccccc1. The molecule has 0 spiro atoms. The summed E-state index contributed by atoms with van der Waals surface area (Å²) in [5, 5.41) is 0. The van der Waals surface area contributed by atoms with Gasteiger partial charge in [-0.25, -0.2) is 6.08 Å². The fourth-order valence-corrected chi connectivity index (χ4v) is 12.5. The van der Waals surface area contributed by atoms with Gasteiger partial charge in [0.1, 0.15) is 0 Å². The summed E-state index contributed by atoms with van der Waals surface area (Å²) in [7, 11) is 0. The second-order valence-corrected chi connectivity index (χ2v) is 20.0. The van der Waals surface area contributed by atoms with Crippen LogP contribution in [0.3, 0.4) is 0 Å². The van der Waals surface area contributed by atoms with E-state index in [-0.39, 0.29) is 62.7 Å². The van der Waals surface area contributed by atoms with Crippen molar-refractivity contribution in [2.45, 2.75) is 83.1 Å². The molecule has 0 radical (unpaired) electrons. The quantitative estimate of drug-likeness (QED) is 0.276. The maximum atomic E-state index is 3.26. The van der Waals surface area contributed by atoms with Crippen molar-refractivity contribution < 1.29 is 49.0 Å². The third kappa shape index (κ3) is 6.45. The molecule has 0 heterocycles. The normalized spacial score (nSPS) is 38.2. The molecule has 0 N–H and O–H groups in total. The average molecular weight is 849 g/mol. The van der Waals surface area contributed by atoms with Crippen molar-refractivity contribution in [2.75, 3.05) is 0 Å². The van der Waals surface area contributed by atoms with Gasteiger partial charge in [-0.3, -0.25) is 6.08 Å². The van der Waals surface area contributed by atoms with Gasteiger partial charge in [-0.15, -0.1) is 17.4 Å². The Kier molecular flexibility index (Phi) is 13.0. The molecule has 9 atom stereocenters. The molecule has 0 aromatic heterocycles. The Labute approximate surface area is 362 Å². The van der Waals surface area contributed by atoms with Crippen molar-refractivity contribution in [1.29, 1.82) is 0 Å². The van der Waals surface area contributed by atoms with Crippen LogP contribution in [0.5, 0.6) is 0 Å². The Balaban J connectivity index is 0.000000215. The molecule has 9 unspecified atom stereocenters. The Hall–Kier alpha value is -2.31. The number of halogens is 2. The van der Waals surface area contributed by atoms with Crippen LogP contribution in [-0.2, 0) is 24.2 Å². The zero-order valence-electron chi connectivity index (χ0n) is 35.3. The topological polar surface area (TPSA) is 0 Å². The van der Waals surface area contributed by atoms with Crippen molar-refractivity contribution in [3.63, 3.8) is 0 Å². The number of hydrogen-bond donors (Lipinski definition) is 0. The third-order valence-corrected chi connectivity index (χ3v) is 17.4. The van der Waals surface area contributed by atoms with Gasteiger partial charge in [0.05, 0.1) is 0 Å². The second-order valence-electron chi connectivity index (χ2n) is 18.8. The first-order valence-electron chi connectivity index (χ1n) is 19.7. The van der Waals surface area contributed by atoms with E-state index in [1.165, 1.54) is 49.7 Å². The predicted molar refractivity (Wildman–Crippen MR) is 225 cm³/mol. The summed E-state index contributed by atoms with van der Waals surface area (Å²) in [6.07, 6.45) is 36.9. The summed E-state index contributed by atoms with van der Waals surface area (Å²) in [5.41, 5.74) is 6.11. The Morgan fingerprint density at radius 1 is 0.673 bits per heavy atom. The van der Waals surface area contributed by atoms with Crippen LogP contribution >= 0.6 is 0 Å². The summed E-state index contributed by atoms with van der Waals surface area (Å²) in [5.74, 6) is 0.982. The van der Waals surface area contributed by atoms with Gasteiger partial charge in [0.25, 0.3) is 0 Å². The average Bonchev–Trinajstić information content (AvgIpc) is 3.67. The van der Waals surface area contributed by atoms with E-state index in [0.29, 0.717) is 17.3 Å². The van der Waals surface area contributed by atoms with Gasteiger partial charge in [0.2, 0.25) is 0 Å². The second kappa shape index (κ2) is 15.8. The van der Waals surface area contributed by atoms with Crippen LogP contribution in [0, 0.1) is 67.7 Å². The van der Waals surface area contributed by atoms with Crippen molar-refractivity contribution in [1.82, 2.24) is 0 Å². The number of benzene rings is 2. The van der Waals surface area contributed by atoms with E-state index >= 15 is 0 Å². The molecule has 8 rings (SSSR count). The first-order chi connectivity index (χ1) is 24.8. The number of fused-ring (bicyclic) bond motifs is 8. The first-order valence-corrected chi connectivity index (χ1v) is 21.0. The number of allylic oxidation sites excluding steroid dienone is 16. The molecule has 0 bridgehead atoms. The standard InChI is InChI=1S/C29H37.C13H10.C10H15.2ClH.Zr/c1-21-14-13-15-22-20-27(6)25(4)18-10-9-16-23(25,2)24(3)17-11-12-19-26(24,5)29(27,8)28(21,22)7;1-3-7-12(8-4-1)11-13-9-5-2-6-10-13;1-8-5-6-9(7-8)10(2,3)4;;;/h9-20,22H,1-8H3;1-10H;6-8H,1-4H3;2*1H;/q-1;;-1;;;+2/p-2. The van der Waals surface area contributed by atoms with Crippen LogP contribution in [-0.4, -0.2) is 3.21 Å². The minimum atomic E-state index is 0. The van der Waals surface area contributed by atoms with Crippen molar-refractivity contribution in [2.24, 2.45) is 55.2 Å². The van der Waals surface area contributed by atoms with E-state index in [4.69, 9.17) is 0 Å². The zero-order valence-corrected chi connectivity index (χ0v) is 39.2. The molecule has 2 aromatic rings. The Morgan fingerprint density at radius 2 is 1.13 bits per heavy atom. The molecule has 6 aliphatic rings. The van der Waals surface area contributed by atoms with Crippen molar-refractivity contribution in [3.05, 3.63) is 174 Å². The molecule has 2 aromatic carbocycles. The maximum absolute atomic E-state index is 3.26. The van der Waals surface area contributed by atoms with Crippen LogP contribution in [0.4, 0.5) is 0 Å². The monoisotopic (exact) mass is 846 g/mol. The van der Waals surface area contributed by atoms with E-state index in [0.717, 1.165) is 0 Å². The van der Waals surface area contributed by atoms with Gasteiger partial charge in [-0.1, -0.05) is 154 Å². The molecule has 0 aliphatic heterocycles. The molecule has 2 fully saturated rings. The molecule has 6 aliphatic carbocycles. The molecule has 0 amide bonds. The predicted octanol–water partition coefficient (Wildman–Crippen LogP) is 7.42. The molecular weight excluding hydrogens is 787 g/mol. The fourth-order valence-electron chi connectivity index (χ4n) is 11.7. The summed E-state index contributed by atoms with van der Waals surface area (Å²) in [6.45, 7) is 29.2. The molecule has 0 nitrogen and oxygen atoms in total. The molecule has 290 valence electrons. The van der Waals surface area contributed by atoms with Gasteiger partial charge < -0.3 is 31.2 Å². The molecule has 0 saturated heterocycles. The van der Waals surface area contributed by atoms with E-state index < -0.39 is 0 Å². The van der Waals surface area contributed by atoms with Gasteiger partial charge in [-0.05, 0) is 28.6 Å².